The van der Waals surface area contributed by atoms with E-state index in [1.54, 1.807) is 32.0 Å². The van der Waals surface area contributed by atoms with Gasteiger partial charge in [-0.15, -0.1) is 0 Å². The summed E-state index contributed by atoms with van der Waals surface area (Å²) in [5, 5.41) is 13.6. The van der Waals surface area contributed by atoms with E-state index in [9.17, 15) is 23.3 Å². The molecule has 172 valence electrons. The van der Waals surface area contributed by atoms with Crippen LogP contribution in [0.25, 0.3) is 0 Å². The number of non-ortho nitro benzene ring substituents is 1. The highest BCUT2D eigenvalue weighted by Gasteiger charge is 2.27. The fraction of sp³-hybridized carbons (Fsp3) is 0.381. The van der Waals surface area contributed by atoms with Crippen LogP contribution in [0.1, 0.15) is 19.4 Å². The minimum Gasteiger partial charge on any atom is -0.494 e. The molecule has 0 bridgehead atoms. The molecule has 0 aliphatic carbocycles. The highest BCUT2D eigenvalue weighted by atomic mass is 32.2. The van der Waals surface area contributed by atoms with Crippen LogP contribution in [0.3, 0.4) is 0 Å². The molecule has 0 fully saturated rings. The zero-order chi connectivity index (χ0) is 23.5. The highest BCUT2D eigenvalue weighted by molar-refractivity contribution is 7.89. The summed E-state index contributed by atoms with van der Waals surface area (Å²) in [4.78, 5) is 25.1. The number of hydrogen-bond acceptors (Lipinski definition) is 7. The number of carbonyl (C=O) groups is 1. The van der Waals surface area contributed by atoms with Crippen LogP contribution in [0.5, 0.6) is 5.75 Å². The molecule has 0 aromatic heterocycles. The Bertz CT molecular complexity index is 1130. The van der Waals surface area contributed by atoms with Gasteiger partial charge in [-0.2, -0.15) is 4.31 Å². The molecular formula is C21H26N4O6S. The largest absolute Gasteiger partial charge is 0.494 e. The number of carbonyl (C=O) groups excluding carboxylic acids is 1. The number of sulfonamides is 1. The number of rotatable bonds is 9. The summed E-state index contributed by atoms with van der Waals surface area (Å²) in [6, 6.07) is 8.96. The second kappa shape index (κ2) is 9.53. The third kappa shape index (κ3) is 4.68. The van der Waals surface area contributed by atoms with Crippen LogP contribution in [-0.4, -0.2) is 56.8 Å². The number of amides is 1. The van der Waals surface area contributed by atoms with Crippen LogP contribution in [0.2, 0.25) is 0 Å². The molecule has 0 atom stereocenters. The average molecular weight is 463 g/mol. The summed E-state index contributed by atoms with van der Waals surface area (Å²) in [5.74, 6) is -0.120. The normalized spacial score (nSPS) is 13.2. The third-order valence-corrected chi connectivity index (χ3v) is 7.44. The molecule has 0 saturated carbocycles. The summed E-state index contributed by atoms with van der Waals surface area (Å²) in [6.07, 6.45) is 0.630. The number of nitro groups is 1. The molecule has 1 amide bonds. The molecule has 1 heterocycles. The van der Waals surface area contributed by atoms with Crippen molar-refractivity contribution < 1.29 is 22.9 Å². The van der Waals surface area contributed by atoms with Crippen molar-refractivity contribution in [2.24, 2.45) is 0 Å². The number of nitrogens with zero attached hydrogens (tertiary/aromatic N) is 3. The number of ether oxygens (including phenoxy) is 1. The molecule has 10 nitrogen and oxygen atoms in total. The fourth-order valence-electron chi connectivity index (χ4n) is 3.74. The number of hydrogen-bond donors (Lipinski definition) is 1. The molecule has 11 heteroatoms. The lowest BCUT2D eigenvalue weighted by atomic mass is 10.2. The van der Waals surface area contributed by atoms with Gasteiger partial charge in [-0.25, -0.2) is 8.42 Å². The number of methoxy groups -OCH3 is 1. The standard InChI is InChI=1S/C21H26N4O6S/c1-4-24(5-2)32(29,30)17-7-9-19-15(12-17)10-11-23(19)14-21(26)22-18-8-6-16(25(27)28)13-20(18)31-3/h6-9,12-13H,4-5,10-11,14H2,1-3H3,(H,22,26). The van der Waals surface area contributed by atoms with Crippen LogP contribution in [0.4, 0.5) is 17.1 Å². The molecule has 1 aliphatic rings. The summed E-state index contributed by atoms with van der Waals surface area (Å²) in [6.45, 7) is 5.02. The highest BCUT2D eigenvalue weighted by Crippen LogP contribution is 2.32. The molecule has 0 spiro atoms. The molecule has 0 unspecified atom stereocenters. The Morgan fingerprint density at radius 3 is 2.56 bits per heavy atom. The first kappa shape index (κ1) is 23.5. The van der Waals surface area contributed by atoms with Crippen LogP contribution in [-0.2, 0) is 21.2 Å². The molecule has 0 saturated heterocycles. The maximum Gasteiger partial charge on any atom is 0.273 e. The van der Waals surface area contributed by atoms with Crippen molar-refractivity contribution >= 4 is 33.0 Å². The zero-order valence-corrected chi connectivity index (χ0v) is 19.0. The van der Waals surface area contributed by atoms with Gasteiger partial charge in [0, 0.05) is 31.4 Å². The van der Waals surface area contributed by atoms with Crippen molar-refractivity contribution in [3.05, 3.63) is 52.1 Å². The lowest BCUT2D eigenvalue weighted by Gasteiger charge is -2.21. The van der Waals surface area contributed by atoms with E-state index >= 15 is 0 Å². The van der Waals surface area contributed by atoms with Gasteiger partial charge in [0.05, 0.1) is 35.2 Å². The number of anilines is 2. The summed E-state index contributed by atoms with van der Waals surface area (Å²) in [7, 11) is -2.18. The molecule has 32 heavy (non-hydrogen) atoms. The van der Waals surface area contributed by atoms with E-state index in [1.165, 1.54) is 29.6 Å². The second-order valence-electron chi connectivity index (χ2n) is 7.24. The van der Waals surface area contributed by atoms with Gasteiger partial charge in [-0.1, -0.05) is 13.8 Å². The van der Waals surface area contributed by atoms with Crippen molar-refractivity contribution in [2.75, 3.05) is 43.5 Å². The number of nitrogens with one attached hydrogen (secondary N) is 1. The van der Waals surface area contributed by atoms with Crippen molar-refractivity contribution in [2.45, 2.75) is 25.2 Å². The minimum absolute atomic E-state index is 0.0509. The van der Waals surface area contributed by atoms with Gasteiger partial charge in [-0.3, -0.25) is 14.9 Å². The van der Waals surface area contributed by atoms with Gasteiger partial charge in [-0.05, 0) is 36.2 Å². The van der Waals surface area contributed by atoms with Crippen molar-refractivity contribution in [1.82, 2.24) is 4.31 Å². The molecular weight excluding hydrogens is 436 g/mol. The molecule has 2 aromatic carbocycles. The van der Waals surface area contributed by atoms with Crippen molar-refractivity contribution in [3.63, 3.8) is 0 Å². The number of nitro benzene ring substituents is 1. The Balaban J connectivity index is 1.74. The molecule has 1 aliphatic heterocycles. The first-order chi connectivity index (χ1) is 15.2. The topological polar surface area (TPSA) is 122 Å². The maximum absolute atomic E-state index is 12.8. The van der Waals surface area contributed by atoms with E-state index in [-0.39, 0.29) is 28.8 Å². The Hall–Kier alpha value is -3.18. The monoisotopic (exact) mass is 462 g/mol. The first-order valence-corrected chi connectivity index (χ1v) is 11.7. The summed E-state index contributed by atoms with van der Waals surface area (Å²) >= 11 is 0. The Morgan fingerprint density at radius 2 is 1.94 bits per heavy atom. The predicted molar refractivity (Wildman–Crippen MR) is 121 cm³/mol. The van der Waals surface area contributed by atoms with Crippen LogP contribution in [0.15, 0.2) is 41.3 Å². The average Bonchev–Trinajstić information content (AvgIpc) is 3.16. The first-order valence-electron chi connectivity index (χ1n) is 10.2. The van der Waals surface area contributed by atoms with E-state index < -0.39 is 14.9 Å². The smallest absolute Gasteiger partial charge is 0.273 e. The van der Waals surface area contributed by atoms with Gasteiger partial charge >= 0.3 is 0 Å². The predicted octanol–water partition coefficient (Wildman–Crippen LogP) is 2.64. The van der Waals surface area contributed by atoms with Crippen LogP contribution < -0.4 is 15.0 Å². The van der Waals surface area contributed by atoms with E-state index in [0.29, 0.717) is 31.7 Å². The SMILES string of the molecule is CCN(CC)S(=O)(=O)c1ccc2c(c1)CCN2CC(=O)Nc1ccc([N+](=O)[O-])cc1OC. The Labute approximate surface area is 187 Å². The lowest BCUT2D eigenvalue weighted by molar-refractivity contribution is -0.384. The molecule has 0 radical (unpaired) electrons. The zero-order valence-electron chi connectivity index (χ0n) is 18.2. The second-order valence-corrected chi connectivity index (χ2v) is 9.18. The van der Waals surface area contributed by atoms with Crippen LogP contribution in [0, 0.1) is 10.1 Å². The van der Waals surface area contributed by atoms with Crippen LogP contribution >= 0.6 is 0 Å². The van der Waals surface area contributed by atoms with Gasteiger partial charge in [0.25, 0.3) is 5.69 Å². The maximum atomic E-state index is 12.8. The summed E-state index contributed by atoms with van der Waals surface area (Å²) in [5.41, 5.74) is 1.89. The fourth-order valence-corrected chi connectivity index (χ4v) is 5.25. The molecule has 2 aromatic rings. The minimum atomic E-state index is -3.55. The van der Waals surface area contributed by atoms with E-state index in [4.69, 9.17) is 4.74 Å². The van der Waals surface area contributed by atoms with E-state index in [1.807, 2.05) is 4.90 Å². The molecule has 3 rings (SSSR count). The molecule has 1 N–H and O–H groups in total. The lowest BCUT2D eigenvalue weighted by Crippen LogP contribution is -2.32. The van der Waals surface area contributed by atoms with Gasteiger partial charge in [0.1, 0.15) is 5.75 Å². The Kier molecular flexibility index (Phi) is 6.99. The Morgan fingerprint density at radius 1 is 1.22 bits per heavy atom. The van der Waals surface area contributed by atoms with Gasteiger partial charge in [0.2, 0.25) is 15.9 Å². The van der Waals surface area contributed by atoms with Crippen molar-refractivity contribution in [3.8, 4) is 5.75 Å². The number of benzene rings is 2. The summed E-state index contributed by atoms with van der Waals surface area (Å²) < 4.78 is 32.1. The van der Waals surface area contributed by atoms with Crippen molar-refractivity contribution in [1.29, 1.82) is 0 Å². The third-order valence-electron chi connectivity index (χ3n) is 5.39. The van der Waals surface area contributed by atoms with Gasteiger partial charge in [0.15, 0.2) is 0 Å². The van der Waals surface area contributed by atoms with E-state index in [2.05, 4.69) is 5.32 Å². The van der Waals surface area contributed by atoms with E-state index in [0.717, 1.165) is 11.3 Å². The quantitative estimate of drug-likeness (QED) is 0.449. The van der Waals surface area contributed by atoms with Gasteiger partial charge < -0.3 is 15.0 Å². The number of fused-ring (bicyclic) bond motifs is 1.